The molecule has 0 aliphatic carbocycles. The molecule has 1 amide bonds. The molecule has 0 fully saturated rings. The maximum Gasteiger partial charge on any atom is 0.217 e. The highest BCUT2D eigenvalue weighted by Gasteiger charge is 2.38. The molecule has 0 saturated heterocycles. The molecule has 0 spiro atoms. The summed E-state index contributed by atoms with van der Waals surface area (Å²) in [5.41, 5.74) is 0.233. The first-order chi connectivity index (χ1) is 17.3. The number of hydrogen-bond acceptors (Lipinski definition) is 6. The molecule has 1 aliphatic heterocycles. The highest BCUT2D eigenvalue weighted by atomic mass is 19.1. The van der Waals surface area contributed by atoms with E-state index in [-0.39, 0.29) is 30.5 Å². The number of rotatable bonds is 10. The summed E-state index contributed by atoms with van der Waals surface area (Å²) in [5, 5.41) is 17.1. The van der Waals surface area contributed by atoms with E-state index in [9.17, 15) is 18.7 Å². The lowest BCUT2D eigenvalue weighted by Gasteiger charge is -2.40. The summed E-state index contributed by atoms with van der Waals surface area (Å²) in [6.45, 7) is 9.68. The van der Waals surface area contributed by atoms with Gasteiger partial charge in [-0.05, 0) is 70.0 Å². The third-order valence-corrected chi connectivity index (χ3v) is 6.03. The van der Waals surface area contributed by atoms with Crippen LogP contribution in [0.3, 0.4) is 0 Å². The summed E-state index contributed by atoms with van der Waals surface area (Å²) >= 11 is 0. The molecule has 3 N–H and O–H groups in total. The van der Waals surface area contributed by atoms with Gasteiger partial charge in [0.1, 0.15) is 34.3 Å². The van der Waals surface area contributed by atoms with Gasteiger partial charge >= 0.3 is 0 Å². The molecule has 2 aromatic rings. The Morgan fingerprint density at radius 2 is 1.89 bits per heavy atom. The Bertz CT molecular complexity index is 1070. The number of aliphatic hydroxyl groups is 1. The van der Waals surface area contributed by atoms with Gasteiger partial charge in [-0.15, -0.1) is 0 Å². The Hall–Kier alpha value is -2.75. The summed E-state index contributed by atoms with van der Waals surface area (Å²) in [6.07, 6.45) is -0.421. The first-order valence-corrected chi connectivity index (χ1v) is 12.4. The predicted octanol–water partition coefficient (Wildman–Crippen LogP) is 4.07. The smallest absolute Gasteiger partial charge is 0.217 e. The minimum atomic E-state index is -1.04. The Morgan fingerprint density at radius 1 is 1.22 bits per heavy atom. The van der Waals surface area contributed by atoms with Crippen LogP contribution in [0.25, 0.3) is 0 Å². The maximum absolute atomic E-state index is 13.7. The Morgan fingerprint density at radius 3 is 2.49 bits per heavy atom. The Labute approximate surface area is 217 Å². The number of amides is 1. The van der Waals surface area contributed by atoms with Crippen LogP contribution in [-0.2, 0) is 16.0 Å². The highest BCUT2D eigenvalue weighted by molar-refractivity contribution is 5.73. The Kier molecular flexibility index (Phi) is 9.15. The van der Waals surface area contributed by atoms with Gasteiger partial charge in [0.05, 0.1) is 18.8 Å². The van der Waals surface area contributed by atoms with Gasteiger partial charge in [-0.2, -0.15) is 0 Å². The van der Waals surface area contributed by atoms with Crippen molar-refractivity contribution in [2.75, 3.05) is 20.3 Å². The number of ether oxygens (including phenoxy) is 3. The first kappa shape index (κ1) is 28.8. The van der Waals surface area contributed by atoms with Gasteiger partial charge in [-0.1, -0.05) is 0 Å². The predicted molar refractivity (Wildman–Crippen MR) is 137 cm³/mol. The number of carbonyl (C=O) groups excluding carboxylic acids is 1. The van der Waals surface area contributed by atoms with Crippen LogP contribution in [0.5, 0.6) is 11.5 Å². The SMILES string of the molecule is COC[C@@]1(C)C[C@H](NC[C@@H](O)[C@H](Cc2cc(F)cc(F)c2)NC(C)=O)c2cc(OC(C)(C)C)ccc2O1. The van der Waals surface area contributed by atoms with Crippen LogP contribution in [0.15, 0.2) is 36.4 Å². The van der Waals surface area contributed by atoms with Crippen LogP contribution < -0.4 is 20.1 Å². The van der Waals surface area contributed by atoms with Crippen molar-refractivity contribution < 1.29 is 32.9 Å². The number of methoxy groups -OCH3 is 1. The van der Waals surface area contributed by atoms with E-state index < -0.39 is 29.4 Å². The van der Waals surface area contributed by atoms with Crippen molar-refractivity contribution in [2.24, 2.45) is 0 Å². The zero-order chi connectivity index (χ0) is 27.4. The summed E-state index contributed by atoms with van der Waals surface area (Å²) in [5.74, 6) is -0.397. The lowest BCUT2D eigenvalue weighted by Crippen LogP contribution is -2.50. The van der Waals surface area contributed by atoms with Crippen molar-refractivity contribution in [2.45, 2.75) is 76.9 Å². The molecular weight excluding hydrogens is 482 g/mol. The number of benzene rings is 2. The van der Waals surface area contributed by atoms with Crippen molar-refractivity contribution in [3.05, 3.63) is 59.2 Å². The van der Waals surface area contributed by atoms with Gasteiger partial charge < -0.3 is 30.0 Å². The van der Waals surface area contributed by atoms with Gasteiger partial charge in [0.15, 0.2) is 0 Å². The van der Waals surface area contributed by atoms with Crippen LogP contribution in [0.4, 0.5) is 8.78 Å². The van der Waals surface area contributed by atoms with Crippen LogP contribution in [0.1, 0.15) is 58.2 Å². The average Bonchev–Trinajstić information content (AvgIpc) is 2.75. The molecule has 37 heavy (non-hydrogen) atoms. The monoisotopic (exact) mass is 520 g/mol. The lowest BCUT2D eigenvalue weighted by atomic mass is 9.88. The van der Waals surface area contributed by atoms with Crippen LogP contribution >= 0.6 is 0 Å². The van der Waals surface area contributed by atoms with Crippen LogP contribution in [0.2, 0.25) is 0 Å². The zero-order valence-electron chi connectivity index (χ0n) is 22.4. The van der Waals surface area contributed by atoms with Crippen LogP contribution in [0, 0.1) is 11.6 Å². The largest absolute Gasteiger partial charge is 0.488 e. The third kappa shape index (κ3) is 8.38. The molecule has 0 aromatic heterocycles. The molecule has 0 unspecified atom stereocenters. The quantitative estimate of drug-likeness (QED) is 0.438. The summed E-state index contributed by atoms with van der Waals surface area (Å²) < 4.78 is 45.1. The molecule has 2 aromatic carbocycles. The number of carbonyl (C=O) groups is 1. The first-order valence-electron chi connectivity index (χ1n) is 12.4. The fourth-order valence-corrected chi connectivity index (χ4v) is 4.67. The number of nitrogens with one attached hydrogen (secondary N) is 2. The average molecular weight is 521 g/mol. The zero-order valence-corrected chi connectivity index (χ0v) is 22.4. The second-order valence-corrected chi connectivity index (χ2v) is 10.9. The van der Waals surface area contributed by atoms with E-state index in [0.717, 1.165) is 11.6 Å². The van der Waals surface area contributed by atoms with Gasteiger partial charge in [-0.3, -0.25) is 4.79 Å². The summed E-state index contributed by atoms with van der Waals surface area (Å²) in [6, 6.07) is 7.86. The molecule has 1 heterocycles. The number of aliphatic hydroxyl groups excluding tert-OH is 1. The van der Waals surface area contributed by atoms with E-state index in [1.165, 1.54) is 19.1 Å². The molecule has 4 atom stereocenters. The third-order valence-electron chi connectivity index (χ3n) is 6.03. The molecule has 3 rings (SSSR count). The standard InChI is InChI=1S/C28H38F2N2O5/c1-17(33)32-23(11-18-9-19(29)12-20(30)10-18)25(34)15-31-24-14-28(5,16-35-6)37-26-8-7-21(13-22(24)26)36-27(2,3)4/h7-10,12-13,23-25,31,34H,11,14-16H2,1-6H3,(H,32,33)/t23-,24-,25+,28+/m0/s1. The van der Waals surface area contributed by atoms with E-state index in [1.54, 1.807) is 7.11 Å². The van der Waals surface area contributed by atoms with Gasteiger partial charge in [0.25, 0.3) is 0 Å². The topological polar surface area (TPSA) is 89.1 Å². The molecule has 0 saturated carbocycles. The Balaban J connectivity index is 1.81. The normalized spacial score (nSPS) is 20.9. The minimum absolute atomic E-state index is 0.0619. The molecule has 9 heteroatoms. The van der Waals surface area contributed by atoms with E-state index in [0.29, 0.717) is 30.1 Å². The van der Waals surface area contributed by atoms with Gasteiger partial charge in [-0.25, -0.2) is 8.78 Å². The van der Waals surface area contributed by atoms with E-state index in [4.69, 9.17) is 14.2 Å². The van der Waals surface area contributed by atoms with E-state index >= 15 is 0 Å². The molecule has 7 nitrogen and oxygen atoms in total. The number of halogens is 2. The molecule has 0 bridgehead atoms. The lowest BCUT2D eigenvalue weighted by molar-refractivity contribution is -0.120. The molecular formula is C28H38F2N2O5. The fraction of sp³-hybridized carbons (Fsp3) is 0.536. The summed E-state index contributed by atoms with van der Waals surface area (Å²) in [4.78, 5) is 11.8. The second-order valence-electron chi connectivity index (χ2n) is 10.9. The number of fused-ring (bicyclic) bond motifs is 1. The van der Waals surface area contributed by atoms with Crippen molar-refractivity contribution in [3.8, 4) is 11.5 Å². The van der Waals surface area contributed by atoms with Crippen molar-refractivity contribution in [1.82, 2.24) is 10.6 Å². The minimum Gasteiger partial charge on any atom is -0.488 e. The van der Waals surface area contributed by atoms with Crippen molar-refractivity contribution >= 4 is 5.91 Å². The van der Waals surface area contributed by atoms with Gasteiger partial charge in [0.2, 0.25) is 5.91 Å². The van der Waals surface area contributed by atoms with Crippen molar-refractivity contribution in [1.29, 1.82) is 0 Å². The molecule has 1 aliphatic rings. The highest BCUT2D eigenvalue weighted by Crippen LogP contribution is 2.42. The molecule has 204 valence electrons. The van der Waals surface area contributed by atoms with E-state index in [2.05, 4.69) is 10.6 Å². The van der Waals surface area contributed by atoms with Gasteiger partial charge in [0, 0.05) is 44.7 Å². The summed E-state index contributed by atoms with van der Waals surface area (Å²) in [7, 11) is 1.61. The second kappa shape index (κ2) is 11.8. The molecule has 0 radical (unpaired) electrons. The van der Waals surface area contributed by atoms with E-state index in [1.807, 2.05) is 45.9 Å². The van der Waals surface area contributed by atoms with Crippen molar-refractivity contribution in [3.63, 3.8) is 0 Å². The van der Waals surface area contributed by atoms with Crippen LogP contribution in [-0.4, -0.2) is 54.6 Å². The maximum atomic E-state index is 13.7. The number of hydrogen-bond donors (Lipinski definition) is 3. The fourth-order valence-electron chi connectivity index (χ4n) is 4.67.